The molecule has 5 nitrogen and oxygen atoms in total. The number of likely N-dealkylation sites (tertiary alicyclic amines) is 1. The van der Waals surface area contributed by atoms with E-state index in [2.05, 4.69) is 5.32 Å². The molecular weight excluding hydrogens is 218 g/mol. The molecule has 1 saturated carbocycles. The molecule has 3 N–H and O–H groups in total. The molecule has 0 aromatic rings. The molecule has 2 fully saturated rings. The maximum atomic E-state index is 11.8. The Hall–Kier alpha value is -1.26. The smallest absolute Gasteiger partial charge is 0.312 e. The van der Waals surface area contributed by atoms with Crippen LogP contribution in [0.5, 0.6) is 0 Å². The summed E-state index contributed by atoms with van der Waals surface area (Å²) in [6.07, 6.45) is 6.70. The standard InChI is InChI=1S/C12H21N3O2/c13-12(17)14-9-4-6-10(7-5-9)15-8-2-1-3-11(15)16/h9-10H,1-8H2,(H3,13,14,17). The van der Waals surface area contributed by atoms with Crippen molar-refractivity contribution < 1.29 is 9.59 Å². The zero-order chi connectivity index (χ0) is 12.3. The van der Waals surface area contributed by atoms with Crippen molar-refractivity contribution >= 4 is 11.9 Å². The van der Waals surface area contributed by atoms with Gasteiger partial charge in [-0.3, -0.25) is 4.79 Å². The Labute approximate surface area is 102 Å². The van der Waals surface area contributed by atoms with Crippen LogP contribution >= 0.6 is 0 Å². The predicted molar refractivity (Wildman–Crippen MR) is 64.3 cm³/mol. The number of hydrogen-bond donors (Lipinski definition) is 2. The van der Waals surface area contributed by atoms with E-state index < -0.39 is 6.03 Å². The van der Waals surface area contributed by atoms with Gasteiger partial charge < -0.3 is 16.0 Å². The largest absolute Gasteiger partial charge is 0.352 e. The first-order valence-corrected chi connectivity index (χ1v) is 6.52. The molecule has 0 radical (unpaired) electrons. The third-order valence-corrected chi connectivity index (χ3v) is 3.84. The van der Waals surface area contributed by atoms with Crippen LogP contribution < -0.4 is 11.1 Å². The van der Waals surface area contributed by atoms with Gasteiger partial charge in [0.1, 0.15) is 0 Å². The number of nitrogens with two attached hydrogens (primary N) is 1. The fourth-order valence-electron chi connectivity index (χ4n) is 2.95. The molecule has 5 heteroatoms. The number of nitrogens with one attached hydrogen (secondary N) is 1. The molecule has 1 heterocycles. The average molecular weight is 239 g/mol. The third kappa shape index (κ3) is 3.11. The normalized spacial score (nSPS) is 30.1. The van der Waals surface area contributed by atoms with E-state index in [0.717, 1.165) is 45.1 Å². The Kier molecular flexibility index (Phi) is 3.86. The highest BCUT2D eigenvalue weighted by Gasteiger charge is 2.30. The minimum atomic E-state index is -0.442. The number of rotatable bonds is 2. The van der Waals surface area contributed by atoms with Crippen molar-refractivity contribution in [1.29, 1.82) is 0 Å². The number of urea groups is 1. The van der Waals surface area contributed by atoms with Crippen LogP contribution in [0.25, 0.3) is 0 Å². The molecule has 1 aliphatic carbocycles. The molecule has 0 aromatic carbocycles. The zero-order valence-electron chi connectivity index (χ0n) is 10.2. The van der Waals surface area contributed by atoms with Crippen LogP contribution in [0.1, 0.15) is 44.9 Å². The summed E-state index contributed by atoms with van der Waals surface area (Å²) in [5, 5.41) is 2.75. The second-order valence-electron chi connectivity index (χ2n) is 5.06. The summed E-state index contributed by atoms with van der Waals surface area (Å²) in [5.74, 6) is 0.308. The maximum absolute atomic E-state index is 11.8. The van der Waals surface area contributed by atoms with Crippen LogP contribution in [0, 0.1) is 0 Å². The van der Waals surface area contributed by atoms with Gasteiger partial charge in [-0.2, -0.15) is 0 Å². The highest BCUT2D eigenvalue weighted by molar-refractivity contribution is 5.77. The van der Waals surface area contributed by atoms with E-state index in [1.165, 1.54) is 0 Å². The van der Waals surface area contributed by atoms with Crippen molar-refractivity contribution in [2.45, 2.75) is 57.0 Å². The molecule has 0 spiro atoms. The molecule has 17 heavy (non-hydrogen) atoms. The number of carbonyl (C=O) groups excluding carboxylic acids is 2. The van der Waals surface area contributed by atoms with Gasteiger partial charge in [-0.05, 0) is 38.5 Å². The van der Waals surface area contributed by atoms with Crippen molar-refractivity contribution in [2.24, 2.45) is 5.73 Å². The van der Waals surface area contributed by atoms with E-state index in [-0.39, 0.29) is 6.04 Å². The third-order valence-electron chi connectivity index (χ3n) is 3.84. The lowest BCUT2D eigenvalue weighted by Gasteiger charge is -2.38. The molecule has 0 aromatic heterocycles. The van der Waals surface area contributed by atoms with E-state index in [9.17, 15) is 9.59 Å². The van der Waals surface area contributed by atoms with E-state index in [4.69, 9.17) is 5.73 Å². The van der Waals surface area contributed by atoms with Crippen molar-refractivity contribution in [2.75, 3.05) is 6.54 Å². The van der Waals surface area contributed by atoms with Crippen LogP contribution in [0.3, 0.4) is 0 Å². The monoisotopic (exact) mass is 239 g/mol. The van der Waals surface area contributed by atoms with Gasteiger partial charge in [-0.15, -0.1) is 0 Å². The summed E-state index contributed by atoms with van der Waals surface area (Å²) >= 11 is 0. The number of primary amides is 1. The number of amides is 3. The zero-order valence-corrected chi connectivity index (χ0v) is 10.2. The predicted octanol–water partition coefficient (Wildman–Crippen LogP) is 0.978. The maximum Gasteiger partial charge on any atom is 0.312 e. The van der Waals surface area contributed by atoms with Crippen LogP contribution in [0.2, 0.25) is 0 Å². The quantitative estimate of drug-likeness (QED) is 0.753. The highest BCUT2D eigenvalue weighted by Crippen LogP contribution is 2.26. The van der Waals surface area contributed by atoms with E-state index >= 15 is 0 Å². The van der Waals surface area contributed by atoms with E-state index in [0.29, 0.717) is 18.4 Å². The summed E-state index contributed by atoms with van der Waals surface area (Å²) in [7, 11) is 0. The molecule has 2 rings (SSSR count). The molecule has 3 amide bonds. The van der Waals surface area contributed by atoms with Gasteiger partial charge in [-0.1, -0.05) is 0 Å². The minimum absolute atomic E-state index is 0.198. The Bertz CT molecular complexity index is 298. The lowest BCUT2D eigenvalue weighted by Crippen LogP contribution is -2.48. The van der Waals surface area contributed by atoms with Crippen LogP contribution in [0.4, 0.5) is 4.79 Å². The molecule has 0 bridgehead atoms. The summed E-state index contributed by atoms with van der Waals surface area (Å²) in [4.78, 5) is 24.6. The van der Waals surface area contributed by atoms with Crippen LogP contribution in [-0.4, -0.2) is 35.5 Å². The Morgan fingerprint density at radius 2 is 1.94 bits per heavy atom. The number of nitrogens with zero attached hydrogens (tertiary/aromatic N) is 1. The molecule has 1 aliphatic heterocycles. The van der Waals surface area contributed by atoms with Gasteiger partial charge in [0.15, 0.2) is 0 Å². The van der Waals surface area contributed by atoms with E-state index in [1.54, 1.807) is 0 Å². The van der Waals surface area contributed by atoms with E-state index in [1.807, 2.05) is 4.90 Å². The fraction of sp³-hybridized carbons (Fsp3) is 0.833. The van der Waals surface area contributed by atoms with Gasteiger partial charge in [-0.25, -0.2) is 4.79 Å². The molecule has 0 unspecified atom stereocenters. The van der Waals surface area contributed by atoms with Gasteiger partial charge in [0, 0.05) is 25.0 Å². The van der Waals surface area contributed by atoms with Gasteiger partial charge >= 0.3 is 6.03 Å². The van der Waals surface area contributed by atoms with Crippen LogP contribution in [0.15, 0.2) is 0 Å². The Morgan fingerprint density at radius 3 is 2.53 bits per heavy atom. The van der Waals surface area contributed by atoms with Crippen LogP contribution in [-0.2, 0) is 4.79 Å². The number of hydrogen-bond acceptors (Lipinski definition) is 2. The second-order valence-corrected chi connectivity index (χ2v) is 5.06. The second kappa shape index (κ2) is 5.38. The molecule has 2 aliphatic rings. The molecular formula is C12H21N3O2. The number of piperidine rings is 1. The molecule has 96 valence electrons. The molecule has 0 atom stereocenters. The first kappa shape index (κ1) is 12.2. The Morgan fingerprint density at radius 1 is 1.24 bits per heavy atom. The minimum Gasteiger partial charge on any atom is -0.352 e. The van der Waals surface area contributed by atoms with Crippen molar-refractivity contribution in [3.8, 4) is 0 Å². The summed E-state index contributed by atoms with van der Waals surface area (Å²) < 4.78 is 0. The fourth-order valence-corrected chi connectivity index (χ4v) is 2.95. The highest BCUT2D eigenvalue weighted by atomic mass is 16.2. The van der Waals surface area contributed by atoms with Gasteiger partial charge in [0.05, 0.1) is 0 Å². The van der Waals surface area contributed by atoms with Crippen molar-refractivity contribution in [1.82, 2.24) is 10.2 Å². The summed E-state index contributed by atoms with van der Waals surface area (Å²) in [6, 6.07) is 0.139. The number of carbonyl (C=O) groups is 2. The first-order chi connectivity index (χ1) is 8.16. The van der Waals surface area contributed by atoms with Crippen molar-refractivity contribution in [3.63, 3.8) is 0 Å². The van der Waals surface area contributed by atoms with Crippen molar-refractivity contribution in [3.05, 3.63) is 0 Å². The van der Waals surface area contributed by atoms with Gasteiger partial charge in [0.2, 0.25) is 5.91 Å². The van der Waals surface area contributed by atoms with Gasteiger partial charge in [0.25, 0.3) is 0 Å². The topological polar surface area (TPSA) is 75.4 Å². The summed E-state index contributed by atoms with van der Waals surface area (Å²) in [5.41, 5.74) is 5.11. The lowest BCUT2D eigenvalue weighted by atomic mass is 9.89. The summed E-state index contributed by atoms with van der Waals surface area (Å²) in [6.45, 7) is 0.914. The first-order valence-electron chi connectivity index (χ1n) is 6.52. The Balaban J connectivity index is 1.81. The lowest BCUT2D eigenvalue weighted by molar-refractivity contribution is -0.136. The SMILES string of the molecule is NC(=O)NC1CCC(N2CCCCC2=O)CC1. The molecule has 1 saturated heterocycles. The average Bonchev–Trinajstić information content (AvgIpc) is 2.30.